The van der Waals surface area contributed by atoms with Gasteiger partial charge in [0.05, 0.1) is 46.3 Å². The second kappa shape index (κ2) is 8.28. The predicted molar refractivity (Wildman–Crippen MR) is 110 cm³/mol. The highest BCUT2D eigenvalue weighted by Crippen LogP contribution is 2.44. The topological polar surface area (TPSA) is 110 Å². The molecule has 1 amide bonds. The summed E-state index contributed by atoms with van der Waals surface area (Å²) in [5.74, 6) is -8.54. The molecule has 0 spiro atoms. The number of benzene rings is 1. The first-order valence-electron chi connectivity index (χ1n) is 10.4. The summed E-state index contributed by atoms with van der Waals surface area (Å²) in [6, 6.07) is 4.13. The van der Waals surface area contributed by atoms with E-state index in [2.05, 4.69) is 5.10 Å². The van der Waals surface area contributed by atoms with Crippen LogP contribution in [-0.2, 0) is 32.7 Å². The molecule has 1 aliphatic heterocycles. The fourth-order valence-electron chi connectivity index (χ4n) is 4.69. The van der Waals surface area contributed by atoms with Crippen molar-refractivity contribution in [2.24, 2.45) is 18.9 Å². The molecule has 8 nitrogen and oxygen atoms in total. The fourth-order valence-corrected chi connectivity index (χ4v) is 6.71. The number of aliphatic carboxylic acids is 1. The highest BCUT2D eigenvalue weighted by molar-refractivity contribution is 7.92. The molecule has 2 aliphatic rings. The number of carbonyl (C=O) groups excluding carboxylic acids is 1. The van der Waals surface area contributed by atoms with E-state index in [9.17, 15) is 45.1 Å². The molecular formula is C21H20F5N3O5S. The van der Waals surface area contributed by atoms with Gasteiger partial charge in [0.25, 0.3) is 5.92 Å². The second-order valence-corrected chi connectivity index (χ2v) is 11.0. The number of carboxylic acids is 1. The highest BCUT2D eigenvalue weighted by Gasteiger charge is 2.54. The molecule has 14 heteroatoms. The first kappa shape index (κ1) is 25.1. The van der Waals surface area contributed by atoms with Gasteiger partial charge in [-0.2, -0.15) is 18.3 Å². The number of carbonyl (C=O) groups is 2. The minimum atomic E-state index is -5.06. The lowest BCUT2D eigenvalue weighted by atomic mass is 9.93. The van der Waals surface area contributed by atoms with Crippen LogP contribution in [0.25, 0.3) is 11.3 Å². The molecule has 0 bridgehead atoms. The number of hydrogen-bond acceptors (Lipinski definition) is 5. The van der Waals surface area contributed by atoms with E-state index in [0.29, 0.717) is 11.8 Å². The minimum absolute atomic E-state index is 0.0675. The molecule has 1 aromatic carbocycles. The van der Waals surface area contributed by atoms with Crippen molar-refractivity contribution in [1.82, 2.24) is 14.7 Å². The summed E-state index contributed by atoms with van der Waals surface area (Å²) in [4.78, 5) is 24.0. The van der Waals surface area contributed by atoms with Crippen LogP contribution in [0.4, 0.5) is 22.0 Å². The summed E-state index contributed by atoms with van der Waals surface area (Å²) in [5, 5.41) is 11.8. The number of hydrogen-bond donors (Lipinski definition) is 1. The lowest BCUT2D eigenvalue weighted by Crippen LogP contribution is -2.60. The van der Waals surface area contributed by atoms with Gasteiger partial charge in [0.1, 0.15) is 0 Å². The van der Waals surface area contributed by atoms with E-state index in [-0.39, 0.29) is 5.56 Å². The molecule has 4 rings (SSSR count). The number of aromatic nitrogens is 2. The van der Waals surface area contributed by atoms with E-state index in [4.69, 9.17) is 0 Å². The smallest absolute Gasteiger partial charge is 0.417 e. The summed E-state index contributed by atoms with van der Waals surface area (Å²) >= 11 is 0. The average Bonchev–Trinajstić information content (AvgIpc) is 3.37. The van der Waals surface area contributed by atoms with Gasteiger partial charge in [0.2, 0.25) is 5.91 Å². The van der Waals surface area contributed by atoms with Crippen LogP contribution in [0.15, 0.2) is 35.4 Å². The molecular weight excluding hydrogens is 501 g/mol. The van der Waals surface area contributed by atoms with E-state index in [1.807, 2.05) is 0 Å². The van der Waals surface area contributed by atoms with E-state index in [0.717, 1.165) is 11.0 Å². The van der Waals surface area contributed by atoms with Crippen LogP contribution in [0.3, 0.4) is 0 Å². The zero-order valence-electron chi connectivity index (χ0n) is 18.2. The van der Waals surface area contributed by atoms with Gasteiger partial charge in [-0.3, -0.25) is 14.3 Å². The third kappa shape index (κ3) is 4.50. The Kier molecular flexibility index (Phi) is 5.93. The molecule has 2 aromatic rings. The number of aryl methyl sites for hydroxylation is 1. The van der Waals surface area contributed by atoms with Crippen LogP contribution in [0.1, 0.15) is 18.4 Å². The lowest BCUT2D eigenvalue weighted by Gasteiger charge is -2.40. The molecule has 190 valence electrons. The maximum Gasteiger partial charge on any atom is 0.417 e. The first-order chi connectivity index (χ1) is 16.1. The quantitative estimate of drug-likeness (QED) is 0.607. The maximum atomic E-state index is 13.9. The molecule has 0 unspecified atom stereocenters. The zero-order chi connectivity index (χ0) is 25.9. The fraction of sp³-hybridized carbons (Fsp3) is 0.476. The first-order valence-corrected chi connectivity index (χ1v) is 12.0. The number of halogens is 5. The van der Waals surface area contributed by atoms with Crippen molar-refractivity contribution in [2.45, 2.75) is 35.1 Å². The molecule has 0 radical (unpaired) electrons. The number of sulfone groups is 1. The van der Waals surface area contributed by atoms with Gasteiger partial charge in [-0.1, -0.05) is 6.07 Å². The SMILES string of the molecule is Cn1nccc1-c1ccc(S(=O)(=O)[C@H]2C[C@@H](C(=O)O)[C@H](C(=O)N3CC(F)(F)C3)C2)c(C(F)(F)F)c1. The van der Waals surface area contributed by atoms with Crippen LogP contribution in [0.5, 0.6) is 0 Å². The number of carboxylic acid groups (broad SMARTS) is 1. The summed E-state index contributed by atoms with van der Waals surface area (Å²) in [6.07, 6.45) is -4.89. The number of likely N-dealkylation sites (tertiary alicyclic amines) is 1. The Morgan fingerprint density at radius 2 is 1.74 bits per heavy atom. The Morgan fingerprint density at radius 3 is 2.26 bits per heavy atom. The zero-order valence-corrected chi connectivity index (χ0v) is 19.0. The molecule has 35 heavy (non-hydrogen) atoms. The summed E-state index contributed by atoms with van der Waals surface area (Å²) in [6.45, 7) is -1.83. The lowest BCUT2D eigenvalue weighted by molar-refractivity contribution is -0.172. The summed E-state index contributed by atoms with van der Waals surface area (Å²) < 4.78 is 96.0. The van der Waals surface area contributed by atoms with Gasteiger partial charge in [-0.05, 0) is 31.0 Å². The van der Waals surface area contributed by atoms with Crippen molar-refractivity contribution in [3.05, 3.63) is 36.0 Å². The Bertz CT molecular complexity index is 1280. The van der Waals surface area contributed by atoms with Crippen LogP contribution in [0.2, 0.25) is 0 Å². The second-order valence-electron chi connectivity index (χ2n) is 8.79. The number of rotatable bonds is 5. The van der Waals surface area contributed by atoms with Crippen LogP contribution in [0, 0.1) is 11.8 Å². The molecule has 1 aliphatic carbocycles. The van der Waals surface area contributed by atoms with Crippen molar-refractivity contribution in [2.75, 3.05) is 13.1 Å². The third-order valence-electron chi connectivity index (χ3n) is 6.46. The van der Waals surface area contributed by atoms with Crippen molar-refractivity contribution < 1.29 is 45.1 Å². The Balaban J connectivity index is 1.69. The average molecular weight is 521 g/mol. The number of amides is 1. The maximum absolute atomic E-state index is 13.9. The predicted octanol–water partition coefficient (Wildman–Crippen LogP) is 2.84. The van der Waals surface area contributed by atoms with Crippen molar-refractivity contribution >= 4 is 21.7 Å². The Labute approximate surface area is 196 Å². The van der Waals surface area contributed by atoms with Gasteiger partial charge >= 0.3 is 12.1 Å². The molecule has 3 atom stereocenters. The van der Waals surface area contributed by atoms with Gasteiger partial charge < -0.3 is 10.0 Å². The molecule has 2 fully saturated rings. The van der Waals surface area contributed by atoms with E-state index in [1.165, 1.54) is 30.1 Å². The normalized spacial score (nSPS) is 24.3. The van der Waals surface area contributed by atoms with Crippen molar-refractivity contribution in [3.8, 4) is 11.3 Å². The van der Waals surface area contributed by atoms with Gasteiger partial charge in [-0.25, -0.2) is 17.2 Å². The summed E-state index contributed by atoms with van der Waals surface area (Å²) in [7, 11) is -3.24. The largest absolute Gasteiger partial charge is 0.481 e. The van der Waals surface area contributed by atoms with Crippen LogP contribution in [-0.4, -0.2) is 64.3 Å². The molecule has 1 saturated heterocycles. The van der Waals surface area contributed by atoms with E-state index < -0.39 is 87.3 Å². The summed E-state index contributed by atoms with van der Waals surface area (Å²) in [5.41, 5.74) is -1.05. The van der Waals surface area contributed by atoms with Crippen LogP contribution < -0.4 is 0 Å². The van der Waals surface area contributed by atoms with Crippen molar-refractivity contribution in [1.29, 1.82) is 0 Å². The Hall–Kier alpha value is -3.03. The molecule has 2 heterocycles. The Morgan fingerprint density at radius 1 is 1.11 bits per heavy atom. The molecule has 1 aromatic heterocycles. The van der Waals surface area contributed by atoms with Gasteiger partial charge in [0, 0.05) is 18.8 Å². The van der Waals surface area contributed by atoms with Gasteiger partial charge in [-0.15, -0.1) is 0 Å². The monoisotopic (exact) mass is 521 g/mol. The highest BCUT2D eigenvalue weighted by atomic mass is 32.2. The molecule has 1 saturated carbocycles. The minimum Gasteiger partial charge on any atom is -0.481 e. The standard InChI is InChI=1S/C21H20F5N3O5S/c1-28-16(4-5-27-28)11-2-3-17(15(6-11)21(24,25)26)35(33,34)12-7-13(14(8-12)19(31)32)18(30)29-9-20(22,23)10-29/h2-6,12-14H,7-10H2,1H3,(H,31,32)/t12-,13-,14-/m1/s1. The third-order valence-corrected chi connectivity index (χ3v) is 8.69. The van der Waals surface area contributed by atoms with E-state index in [1.54, 1.807) is 0 Å². The molecule has 1 N–H and O–H groups in total. The van der Waals surface area contributed by atoms with Crippen LogP contribution >= 0.6 is 0 Å². The van der Waals surface area contributed by atoms with Crippen molar-refractivity contribution in [3.63, 3.8) is 0 Å². The number of nitrogens with zero attached hydrogens (tertiary/aromatic N) is 3. The number of alkyl halides is 5. The van der Waals surface area contributed by atoms with Gasteiger partial charge in [0.15, 0.2) is 9.84 Å². The van der Waals surface area contributed by atoms with E-state index >= 15 is 0 Å².